The lowest BCUT2D eigenvalue weighted by molar-refractivity contribution is 0.0743. The first-order valence-corrected chi connectivity index (χ1v) is 10.4. The Morgan fingerprint density at radius 1 is 1.27 bits per heavy atom. The summed E-state index contributed by atoms with van der Waals surface area (Å²) < 4.78 is 27.6. The fourth-order valence-corrected chi connectivity index (χ4v) is 5.44. The number of likely N-dealkylation sites (N-methyl/N-ethyl adjacent to an activating group) is 1. The van der Waals surface area contributed by atoms with E-state index in [0.717, 1.165) is 38.8 Å². The third kappa shape index (κ3) is 4.22. The van der Waals surface area contributed by atoms with Gasteiger partial charge in [-0.3, -0.25) is 4.79 Å². The highest BCUT2D eigenvalue weighted by atomic mass is 35.5. The molecular formula is C18H28ClN3O3S. The van der Waals surface area contributed by atoms with Gasteiger partial charge in [-0.2, -0.15) is 4.31 Å². The van der Waals surface area contributed by atoms with Crippen molar-refractivity contribution in [3.63, 3.8) is 0 Å². The number of carbonyl (C=O) groups is 1. The van der Waals surface area contributed by atoms with Crippen LogP contribution in [0.3, 0.4) is 0 Å². The minimum absolute atomic E-state index is 0. The smallest absolute Gasteiger partial charge is 0.253 e. The second-order valence-corrected chi connectivity index (χ2v) is 8.94. The fourth-order valence-electron chi connectivity index (χ4n) is 3.69. The van der Waals surface area contributed by atoms with Crippen LogP contribution in [0.4, 0.5) is 0 Å². The molecule has 2 fully saturated rings. The Bertz CT molecular complexity index is 735. The Morgan fingerprint density at radius 2 is 2.04 bits per heavy atom. The lowest BCUT2D eigenvalue weighted by Crippen LogP contribution is -2.42. The standard InChI is InChI=1S/C18H27N3O3S.ClH/c1-14-6-3-4-11-21(14)25(23,24)17-8-5-7-15(12-17)18(22)20(2)16-9-10-19-13-16;/h5,7-8,12,14,16,19H,3-4,6,9-11,13H2,1-2H3;1H. The lowest BCUT2D eigenvalue weighted by atomic mass is 10.1. The molecule has 0 saturated carbocycles. The molecule has 1 aromatic rings. The molecule has 26 heavy (non-hydrogen) atoms. The van der Waals surface area contributed by atoms with E-state index in [9.17, 15) is 13.2 Å². The monoisotopic (exact) mass is 401 g/mol. The van der Waals surface area contributed by atoms with Crippen LogP contribution in [0.15, 0.2) is 29.2 Å². The largest absolute Gasteiger partial charge is 0.337 e. The molecule has 2 atom stereocenters. The van der Waals surface area contributed by atoms with Crippen molar-refractivity contribution in [2.45, 2.75) is 49.6 Å². The maximum atomic E-state index is 13.0. The SMILES string of the molecule is CC1CCCCN1S(=O)(=O)c1cccc(C(=O)N(C)C2CCNC2)c1.Cl. The van der Waals surface area contributed by atoms with E-state index in [-0.39, 0.29) is 35.3 Å². The van der Waals surface area contributed by atoms with Gasteiger partial charge in [-0.25, -0.2) is 8.42 Å². The molecule has 0 aromatic heterocycles. The van der Waals surface area contributed by atoms with Gasteiger partial charge in [-0.05, 0) is 50.9 Å². The summed E-state index contributed by atoms with van der Waals surface area (Å²) in [5, 5.41) is 3.25. The van der Waals surface area contributed by atoms with Gasteiger partial charge >= 0.3 is 0 Å². The number of sulfonamides is 1. The third-order valence-electron chi connectivity index (χ3n) is 5.33. The zero-order chi connectivity index (χ0) is 18.0. The van der Waals surface area contributed by atoms with Gasteiger partial charge in [-0.15, -0.1) is 12.4 Å². The van der Waals surface area contributed by atoms with Crippen molar-refractivity contribution in [1.29, 1.82) is 0 Å². The number of nitrogens with one attached hydrogen (secondary N) is 1. The van der Waals surface area contributed by atoms with E-state index >= 15 is 0 Å². The van der Waals surface area contributed by atoms with Gasteiger partial charge in [0.25, 0.3) is 5.91 Å². The molecule has 0 aliphatic carbocycles. The molecule has 2 heterocycles. The Morgan fingerprint density at radius 3 is 2.69 bits per heavy atom. The quantitative estimate of drug-likeness (QED) is 0.838. The summed E-state index contributed by atoms with van der Waals surface area (Å²) in [4.78, 5) is 14.7. The summed E-state index contributed by atoms with van der Waals surface area (Å²) in [5.74, 6) is -0.127. The number of hydrogen-bond donors (Lipinski definition) is 1. The number of piperidine rings is 1. The first kappa shape index (κ1) is 21.2. The molecule has 2 aliphatic rings. The van der Waals surface area contributed by atoms with E-state index in [2.05, 4.69) is 5.32 Å². The number of hydrogen-bond acceptors (Lipinski definition) is 4. The number of amides is 1. The van der Waals surface area contributed by atoms with Gasteiger partial charge < -0.3 is 10.2 Å². The maximum absolute atomic E-state index is 13.0. The highest BCUT2D eigenvalue weighted by Gasteiger charge is 2.32. The maximum Gasteiger partial charge on any atom is 0.253 e. The molecule has 3 rings (SSSR count). The molecule has 146 valence electrons. The van der Waals surface area contributed by atoms with Crippen LogP contribution in [-0.4, -0.2) is 62.3 Å². The summed E-state index contributed by atoms with van der Waals surface area (Å²) in [6, 6.07) is 6.64. The van der Waals surface area contributed by atoms with Gasteiger partial charge in [0, 0.05) is 37.8 Å². The average molecular weight is 402 g/mol. The van der Waals surface area contributed by atoms with Gasteiger partial charge in [0.05, 0.1) is 4.90 Å². The predicted molar refractivity (Wildman–Crippen MR) is 104 cm³/mol. The van der Waals surface area contributed by atoms with E-state index < -0.39 is 10.0 Å². The van der Waals surface area contributed by atoms with Gasteiger partial charge in [-0.1, -0.05) is 12.5 Å². The lowest BCUT2D eigenvalue weighted by Gasteiger charge is -2.32. The van der Waals surface area contributed by atoms with Crippen LogP contribution >= 0.6 is 12.4 Å². The molecule has 2 aliphatic heterocycles. The van der Waals surface area contributed by atoms with Crippen molar-refractivity contribution in [3.8, 4) is 0 Å². The van der Waals surface area contributed by atoms with E-state index in [4.69, 9.17) is 0 Å². The van der Waals surface area contributed by atoms with Crippen molar-refractivity contribution in [1.82, 2.24) is 14.5 Å². The summed E-state index contributed by atoms with van der Waals surface area (Å²) in [7, 11) is -1.78. The molecule has 8 heteroatoms. The molecule has 0 bridgehead atoms. The molecule has 6 nitrogen and oxygen atoms in total. The van der Waals surface area contributed by atoms with E-state index in [1.165, 1.54) is 6.07 Å². The van der Waals surface area contributed by atoms with Crippen LogP contribution in [-0.2, 0) is 10.0 Å². The summed E-state index contributed by atoms with van der Waals surface area (Å²) in [6.07, 6.45) is 3.76. The zero-order valence-corrected chi connectivity index (χ0v) is 17.0. The summed E-state index contributed by atoms with van der Waals surface area (Å²) in [6.45, 7) is 4.19. The Kier molecular flexibility index (Phi) is 7.07. The van der Waals surface area contributed by atoms with Crippen LogP contribution in [0.1, 0.15) is 43.0 Å². The first-order chi connectivity index (χ1) is 11.9. The van der Waals surface area contributed by atoms with Crippen LogP contribution < -0.4 is 5.32 Å². The average Bonchev–Trinajstić information content (AvgIpc) is 3.15. The summed E-state index contributed by atoms with van der Waals surface area (Å²) >= 11 is 0. The molecule has 2 saturated heterocycles. The number of benzene rings is 1. The molecule has 2 unspecified atom stereocenters. The normalized spacial score (nSPS) is 24.1. The van der Waals surface area contributed by atoms with E-state index in [0.29, 0.717) is 12.1 Å². The first-order valence-electron chi connectivity index (χ1n) is 9.01. The second kappa shape index (κ2) is 8.69. The van der Waals surface area contributed by atoms with Crippen LogP contribution in [0.25, 0.3) is 0 Å². The van der Waals surface area contributed by atoms with Gasteiger partial charge in [0.1, 0.15) is 0 Å². The van der Waals surface area contributed by atoms with Crippen molar-refractivity contribution in [2.75, 3.05) is 26.7 Å². The minimum atomic E-state index is -3.56. The molecule has 1 N–H and O–H groups in total. The van der Waals surface area contributed by atoms with Crippen LogP contribution in [0.5, 0.6) is 0 Å². The minimum Gasteiger partial charge on any atom is -0.337 e. The van der Waals surface area contributed by atoms with Crippen molar-refractivity contribution in [3.05, 3.63) is 29.8 Å². The third-order valence-corrected chi connectivity index (χ3v) is 7.34. The van der Waals surface area contributed by atoms with Crippen molar-refractivity contribution in [2.24, 2.45) is 0 Å². The van der Waals surface area contributed by atoms with Crippen LogP contribution in [0, 0.1) is 0 Å². The van der Waals surface area contributed by atoms with Crippen molar-refractivity contribution < 1.29 is 13.2 Å². The van der Waals surface area contributed by atoms with E-state index in [1.54, 1.807) is 34.5 Å². The van der Waals surface area contributed by atoms with Gasteiger partial charge in [0.15, 0.2) is 0 Å². The zero-order valence-electron chi connectivity index (χ0n) is 15.3. The second-order valence-electron chi connectivity index (χ2n) is 7.05. The molecule has 0 spiro atoms. The Balaban J connectivity index is 0.00000243. The predicted octanol–water partition coefficient (Wildman–Crippen LogP) is 2.11. The Hall–Kier alpha value is -1.15. The fraction of sp³-hybridized carbons (Fsp3) is 0.611. The highest BCUT2D eigenvalue weighted by molar-refractivity contribution is 7.89. The Labute approximate surface area is 162 Å². The van der Waals surface area contributed by atoms with Crippen LogP contribution in [0.2, 0.25) is 0 Å². The van der Waals surface area contributed by atoms with Crippen molar-refractivity contribution >= 4 is 28.3 Å². The molecule has 1 aromatic carbocycles. The number of carbonyl (C=O) groups excluding carboxylic acids is 1. The number of nitrogens with zero attached hydrogens (tertiary/aromatic N) is 2. The number of halogens is 1. The molecule has 0 radical (unpaired) electrons. The molecular weight excluding hydrogens is 374 g/mol. The van der Waals surface area contributed by atoms with E-state index in [1.807, 2.05) is 6.92 Å². The number of rotatable bonds is 4. The highest BCUT2D eigenvalue weighted by Crippen LogP contribution is 2.26. The summed E-state index contributed by atoms with van der Waals surface area (Å²) in [5.41, 5.74) is 0.431. The van der Waals surface area contributed by atoms with Gasteiger partial charge in [0.2, 0.25) is 10.0 Å². The molecule has 1 amide bonds. The topological polar surface area (TPSA) is 69.7 Å².